The average molecular weight is 358 g/mol. The zero-order chi connectivity index (χ0) is 18.4. The fourth-order valence-corrected chi connectivity index (χ4v) is 3.19. The van der Waals surface area contributed by atoms with Crippen molar-refractivity contribution in [2.75, 3.05) is 44.6 Å². The lowest BCUT2D eigenvalue weighted by Gasteiger charge is -2.35. The van der Waals surface area contributed by atoms with Crippen LogP contribution in [0.3, 0.4) is 0 Å². The molecular weight excluding hydrogens is 332 g/mol. The molecule has 26 heavy (non-hydrogen) atoms. The molecule has 1 fully saturated rings. The van der Waals surface area contributed by atoms with Crippen molar-refractivity contribution in [3.05, 3.63) is 47.7 Å². The van der Waals surface area contributed by atoms with E-state index in [2.05, 4.69) is 20.3 Å². The third kappa shape index (κ3) is 5.66. The quantitative estimate of drug-likeness (QED) is 0.773. The molecule has 0 saturated carbocycles. The van der Waals surface area contributed by atoms with Crippen molar-refractivity contribution in [2.24, 2.45) is 0 Å². The third-order valence-electron chi connectivity index (χ3n) is 4.51. The van der Waals surface area contributed by atoms with E-state index >= 15 is 0 Å². The van der Waals surface area contributed by atoms with Gasteiger partial charge in [-0.25, -0.2) is 0 Å². The molecule has 0 spiro atoms. The summed E-state index contributed by atoms with van der Waals surface area (Å²) in [6.45, 7) is 6.10. The monoisotopic (exact) mass is 358 g/mol. The Hall–Kier alpha value is -2.22. The third-order valence-corrected chi connectivity index (χ3v) is 4.51. The molecule has 1 amide bonds. The normalized spacial score (nSPS) is 17.2. The van der Waals surface area contributed by atoms with Crippen LogP contribution in [0.15, 0.2) is 40.9 Å². The Balaban J connectivity index is 1.36. The first-order chi connectivity index (χ1) is 12.6. The molecule has 1 aromatic carbocycles. The molecule has 7 nitrogen and oxygen atoms in total. The highest BCUT2D eigenvalue weighted by atomic mass is 16.5. The van der Waals surface area contributed by atoms with Crippen molar-refractivity contribution in [1.82, 2.24) is 15.0 Å². The topological polar surface area (TPSA) is 81.8 Å². The van der Waals surface area contributed by atoms with Gasteiger partial charge in [0, 0.05) is 38.8 Å². The average Bonchev–Trinajstić information content (AvgIpc) is 3.02. The number of carbonyl (C=O) groups excluding carboxylic acids is 1. The Morgan fingerprint density at radius 3 is 2.58 bits per heavy atom. The number of aliphatic hydroxyl groups is 1. The largest absolute Gasteiger partial charge is 0.391 e. The van der Waals surface area contributed by atoms with Gasteiger partial charge in [-0.15, -0.1) is 0 Å². The van der Waals surface area contributed by atoms with Gasteiger partial charge in [0.15, 0.2) is 5.82 Å². The van der Waals surface area contributed by atoms with E-state index in [0.29, 0.717) is 31.1 Å². The maximum absolute atomic E-state index is 12.1. The Morgan fingerprint density at radius 2 is 1.92 bits per heavy atom. The van der Waals surface area contributed by atoms with Crippen molar-refractivity contribution in [3.8, 4) is 0 Å². The summed E-state index contributed by atoms with van der Waals surface area (Å²) in [5.41, 5.74) is 1.15. The zero-order valence-electron chi connectivity index (χ0n) is 15.1. The van der Waals surface area contributed by atoms with Gasteiger partial charge >= 0.3 is 0 Å². The van der Waals surface area contributed by atoms with E-state index in [1.807, 2.05) is 30.3 Å². The molecule has 0 radical (unpaired) electrons. The minimum Gasteiger partial charge on any atom is -0.391 e. The highest BCUT2D eigenvalue weighted by Crippen LogP contribution is 2.09. The van der Waals surface area contributed by atoms with Crippen LogP contribution < -0.4 is 5.32 Å². The van der Waals surface area contributed by atoms with E-state index < -0.39 is 0 Å². The number of benzene rings is 1. The number of piperazine rings is 1. The van der Waals surface area contributed by atoms with Crippen molar-refractivity contribution in [3.63, 3.8) is 0 Å². The number of rotatable bonds is 7. The van der Waals surface area contributed by atoms with Crippen molar-refractivity contribution in [2.45, 2.75) is 19.4 Å². The van der Waals surface area contributed by atoms with Crippen LogP contribution in [0.1, 0.15) is 11.3 Å². The predicted molar refractivity (Wildman–Crippen MR) is 98.9 cm³/mol. The predicted octanol–water partition coefficient (Wildman–Crippen LogP) is 1.14. The highest BCUT2D eigenvalue weighted by Gasteiger charge is 2.21. The molecular formula is C19H26N4O3. The van der Waals surface area contributed by atoms with Gasteiger partial charge in [-0.3, -0.25) is 14.6 Å². The van der Waals surface area contributed by atoms with Gasteiger partial charge in [0.25, 0.3) is 0 Å². The van der Waals surface area contributed by atoms with E-state index in [9.17, 15) is 9.90 Å². The molecule has 0 aliphatic carbocycles. The lowest BCUT2D eigenvalue weighted by molar-refractivity contribution is -0.117. The lowest BCUT2D eigenvalue weighted by Crippen LogP contribution is -2.50. The number of nitrogens with zero attached hydrogens (tertiary/aromatic N) is 3. The van der Waals surface area contributed by atoms with Crippen LogP contribution in [0.2, 0.25) is 0 Å². The SMILES string of the molecule is Cc1cc(NC(=O)CN2CCN(C[C@H](O)Cc3ccccc3)CC2)no1. The minimum absolute atomic E-state index is 0.0872. The van der Waals surface area contributed by atoms with Gasteiger partial charge < -0.3 is 14.9 Å². The van der Waals surface area contributed by atoms with Crippen molar-refractivity contribution in [1.29, 1.82) is 0 Å². The molecule has 7 heteroatoms. The van der Waals surface area contributed by atoms with Gasteiger partial charge in [-0.1, -0.05) is 35.5 Å². The number of hydrogen-bond donors (Lipinski definition) is 2. The van der Waals surface area contributed by atoms with Gasteiger partial charge in [0.1, 0.15) is 5.76 Å². The number of aromatic nitrogens is 1. The number of amides is 1. The number of aliphatic hydroxyl groups excluding tert-OH is 1. The number of hydrogen-bond acceptors (Lipinski definition) is 6. The molecule has 0 bridgehead atoms. The molecule has 2 aromatic rings. The summed E-state index contributed by atoms with van der Waals surface area (Å²) >= 11 is 0. The number of carbonyl (C=O) groups is 1. The van der Waals surface area contributed by atoms with E-state index in [4.69, 9.17) is 4.52 Å². The second-order valence-electron chi connectivity index (χ2n) is 6.79. The summed E-state index contributed by atoms with van der Waals surface area (Å²) in [4.78, 5) is 16.4. The summed E-state index contributed by atoms with van der Waals surface area (Å²) in [5, 5.41) is 16.8. The van der Waals surface area contributed by atoms with Crippen molar-refractivity contribution >= 4 is 11.7 Å². The molecule has 1 atom stereocenters. The Morgan fingerprint density at radius 1 is 1.23 bits per heavy atom. The second kappa shape index (κ2) is 8.93. The molecule has 1 aromatic heterocycles. The van der Waals surface area contributed by atoms with Gasteiger partial charge in [-0.05, 0) is 18.9 Å². The first-order valence-electron chi connectivity index (χ1n) is 8.98. The maximum Gasteiger partial charge on any atom is 0.239 e. The fourth-order valence-electron chi connectivity index (χ4n) is 3.19. The molecule has 1 saturated heterocycles. The van der Waals surface area contributed by atoms with Crippen LogP contribution >= 0.6 is 0 Å². The second-order valence-corrected chi connectivity index (χ2v) is 6.79. The molecule has 2 N–H and O–H groups in total. The van der Waals surface area contributed by atoms with Crippen LogP contribution in [0.4, 0.5) is 5.82 Å². The lowest BCUT2D eigenvalue weighted by atomic mass is 10.1. The van der Waals surface area contributed by atoms with Crippen LogP contribution in [-0.4, -0.2) is 71.3 Å². The number of anilines is 1. The standard InChI is InChI=1S/C19H26N4O3/c1-15-11-18(21-26-15)20-19(25)14-23-9-7-22(8-10-23)13-17(24)12-16-5-3-2-4-6-16/h2-6,11,17,24H,7-10,12-14H2,1H3,(H,20,21,25)/t17-/m1/s1. The van der Waals surface area contributed by atoms with E-state index in [-0.39, 0.29) is 12.0 Å². The summed E-state index contributed by atoms with van der Waals surface area (Å²) in [6.07, 6.45) is 0.295. The molecule has 1 aliphatic heterocycles. The molecule has 140 valence electrons. The fraction of sp³-hybridized carbons (Fsp3) is 0.474. The molecule has 2 heterocycles. The maximum atomic E-state index is 12.1. The van der Waals surface area contributed by atoms with Crippen LogP contribution in [0.5, 0.6) is 0 Å². The Kier molecular flexibility index (Phi) is 6.38. The van der Waals surface area contributed by atoms with Gasteiger partial charge in [0.05, 0.1) is 12.6 Å². The first-order valence-corrected chi connectivity index (χ1v) is 8.98. The molecule has 1 aliphatic rings. The summed E-state index contributed by atoms with van der Waals surface area (Å²) < 4.78 is 4.94. The van der Waals surface area contributed by atoms with Crippen molar-refractivity contribution < 1.29 is 14.4 Å². The zero-order valence-corrected chi connectivity index (χ0v) is 15.1. The van der Waals surface area contributed by atoms with Crippen LogP contribution in [-0.2, 0) is 11.2 Å². The van der Waals surface area contributed by atoms with Gasteiger partial charge in [-0.2, -0.15) is 0 Å². The van der Waals surface area contributed by atoms with Crippen LogP contribution in [0.25, 0.3) is 0 Å². The Labute approximate surface area is 153 Å². The number of nitrogens with one attached hydrogen (secondary N) is 1. The summed E-state index contributed by atoms with van der Waals surface area (Å²) in [7, 11) is 0. The minimum atomic E-state index is -0.373. The smallest absolute Gasteiger partial charge is 0.239 e. The number of β-amino-alcohol motifs (C(OH)–C–C–N with tert-alkyl or cyclic N) is 1. The molecule has 0 unspecified atom stereocenters. The van der Waals surface area contributed by atoms with E-state index in [0.717, 1.165) is 31.7 Å². The van der Waals surface area contributed by atoms with E-state index in [1.54, 1.807) is 13.0 Å². The molecule has 3 rings (SSSR count). The van der Waals surface area contributed by atoms with Crippen LogP contribution in [0, 0.1) is 6.92 Å². The van der Waals surface area contributed by atoms with E-state index in [1.165, 1.54) is 0 Å². The van der Waals surface area contributed by atoms with Gasteiger partial charge in [0.2, 0.25) is 5.91 Å². The highest BCUT2D eigenvalue weighted by molar-refractivity contribution is 5.91. The Bertz CT molecular complexity index is 696. The first kappa shape index (κ1) is 18.6. The summed E-state index contributed by atoms with van der Waals surface area (Å²) in [6, 6.07) is 11.7. The number of aryl methyl sites for hydroxylation is 1. The summed E-state index contributed by atoms with van der Waals surface area (Å²) in [5.74, 6) is 1.04.